The van der Waals surface area contributed by atoms with Gasteiger partial charge in [0.1, 0.15) is 5.82 Å². The smallest absolute Gasteiger partial charge is 0.133 e. The topological polar surface area (TPSA) is 62.4 Å². The number of hydrogen-bond donors (Lipinski definition) is 2. The van der Waals surface area contributed by atoms with E-state index in [4.69, 9.17) is 15.8 Å². The highest BCUT2D eigenvalue weighted by Crippen LogP contribution is 2.26. The fourth-order valence-corrected chi connectivity index (χ4v) is 2.40. The molecule has 2 rings (SSSR count). The Labute approximate surface area is 102 Å². The Bertz CT molecular complexity index is 392. The summed E-state index contributed by atoms with van der Waals surface area (Å²) in [4.78, 5) is 6.84. The van der Waals surface area contributed by atoms with Crippen molar-refractivity contribution in [3.8, 4) is 0 Å². The number of pyridine rings is 1. The zero-order valence-corrected chi connectivity index (χ0v) is 10.4. The van der Waals surface area contributed by atoms with Gasteiger partial charge < -0.3 is 15.7 Å². The predicted octanol–water partition coefficient (Wildman–Crippen LogP) is 0.848. The molecule has 1 aromatic rings. The van der Waals surface area contributed by atoms with Gasteiger partial charge in [0.15, 0.2) is 0 Å². The maximum Gasteiger partial charge on any atom is 0.133 e. The molecule has 1 aliphatic carbocycles. The highest BCUT2D eigenvalue weighted by molar-refractivity contribution is 5.50. The SMILES string of the molecule is CN(CCCO)c1nc2c(cc1CN)CCC2. The number of anilines is 1. The van der Waals surface area contributed by atoms with Crippen molar-refractivity contribution >= 4 is 5.82 Å². The van der Waals surface area contributed by atoms with Gasteiger partial charge in [-0.3, -0.25) is 0 Å². The van der Waals surface area contributed by atoms with Crippen LogP contribution in [-0.4, -0.2) is 30.3 Å². The average Bonchev–Trinajstić information content (AvgIpc) is 2.81. The molecule has 1 aliphatic rings. The van der Waals surface area contributed by atoms with Crippen LogP contribution in [0, 0.1) is 0 Å². The van der Waals surface area contributed by atoms with E-state index < -0.39 is 0 Å². The molecule has 0 aromatic carbocycles. The molecule has 0 bridgehead atoms. The van der Waals surface area contributed by atoms with Gasteiger partial charge in [-0.05, 0) is 37.3 Å². The molecule has 4 nitrogen and oxygen atoms in total. The number of rotatable bonds is 5. The molecule has 0 saturated carbocycles. The lowest BCUT2D eigenvalue weighted by Crippen LogP contribution is -2.23. The van der Waals surface area contributed by atoms with Crippen LogP contribution in [0.2, 0.25) is 0 Å². The second-order valence-electron chi connectivity index (χ2n) is 4.63. The van der Waals surface area contributed by atoms with E-state index in [-0.39, 0.29) is 6.61 Å². The summed E-state index contributed by atoms with van der Waals surface area (Å²) in [6.45, 7) is 1.56. The van der Waals surface area contributed by atoms with Gasteiger partial charge in [-0.2, -0.15) is 0 Å². The summed E-state index contributed by atoms with van der Waals surface area (Å²) in [5.74, 6) is 0.988. The first kappa shape index (κ1) is 12.3. The second-order valence-corrected chi connectivity index (χ2v) is 4.63. The van der Waals surface area contributed by atoms with Crippen LogP contribution < -0.4 is 10.6 Å². The average molecular weight is 235 g/mol. The Morgan fingerprint density at radius 2 is 2.29 bits per heavy atom. The zero-order valence-electron chi connectivity index (χ0n) is 10.4. The molecule has 1 heterocycles. The molecule has 0 amide bonds. The fourth-order valence-electron chi connectivity index (χ4n) is 2.40. The predicted molar refractivity (Wildman–Crippen MR) is 69.1 cm³/mol. The lowest BCUT2D eigenvalue weighted by Gasteiger charge is -2.21. The summed E-state index contributed by atoms with van der Waals surface area (Å²) in [6, 6.07) is 2.21. The molecule has 94 valence electrons. The minimum absolute atomic E-state index is 0.216. The van der Waals surface area contributed by atoms with Crippen LogP contribution >= 0.6 is 0 Å². The number of nitrogens with zero attached hydrogens (tertiary/aromatic N) is 2. The van der Waals surface area contributed by atoms with Crippen molar-refractivity contribution in [3.63, 3.8) is 0 Å². The number of aliphatic hydroxyl groups is 1. The standard InChI is InChI=1S/C13H21N3O/c1-16(6-3-7-17)13-11(9-14)8-10-4-2-5-12(10)15-13/h8,17H,2-7,9,14H2,1H3. The van der Waals surface area contributed by atoms with Gasteiger partial charge >= 0.3 is 0 Å². The monoisotopic (exact) mass is 235 g/mol. The van der Waals surface area contributed by atoms with Gasteiger partial charge in [0.25, 0.3) is 0 Å². The molecule has 0 radical (unpaired) electrons. The van der Waals surface area contributed by atoms with E-state index in [1.807, 2.05) is 7.05 Å². The summed E-state index contributed by atoms with van der Waals surface area (Å²) >= 11 is 0. The first-order valence-electron chi connectivity index (χ1n) is 6.30. The minimum Gasteiger partial charge on any atom is -0.396 e. The van der Waals surface area contributed by atoms with E-state index in [1.165, 1.54) is 17.7 Å². The Kier molecular flexibility index (Phi) is 3.97. The molecule has 0 saturated heterocycles. The van der Waals surface area contributed by atoms with Gasteiger partial charge in [0.2, 0.25) is 0 Å². The lowest BCUT2D eigenvalue weighted by molar-refractivity contribution is 0.290. The third kappa shape index (κ3) is 2.58. The molecule has 0 spiro atoms. The zero-order chi connectivity index (χ0) is 12.3. The number of nitrogens with two attached hydrogens (primary N) is 1. The van der Waals surface area contributed by atoms with Gasteiger partial charge in [-0.15, -0.1) is 0 Å². The van der Waals surface area contributed by atoms with Gasteiger partial charge in [-0.25, -0.2) is 4.98 Å². The number of fused-ring (bicyclic) bond motifs is 1. The number of hydrogen-bond acceptors (Lipinski definition) is 4. The Balaban J connectivity index is 2.25. The van der Waals surface area contributed by atoms with Crippen LogP contribution in [0.5, 0.6) is 0 Å². The molecular weight excluding hydrogens is 214 g/mol. The van der Waals surface area contributed by atoms with Crippen molar-refractivity contribution in [2.75, 3.05) is 25.1 Å². The molecule has 0 fully saturated rings. The highest BCUT2D eigenvalue weighted by atomic mass is 16.3. The normalized spacial score (nSPS) is 13.8. The van der Waals surface area contributed by atoms with Crippen molar-refractivity contribution in [1.29, 1.82) is 0 Å². The summed E-state index contributed by atoms with van der Waals surface area (Å²) in [6.07, 6.45) is 4.19. The molecule has 0 atom stereocenters. The summed E-state index contributed by atoms with van der Waals surface area (Å²) in [5, 5.41) is 8.87. The van der Waals surface area contributed by atoms with Crippen LogP contribution in [0.3, 0.4) is 0 Å². The third-order valence-corrected chi connectivity index (χ3v) is 3.34. The number of aromatic nitrogens is 1. The van der Waals surface area contributed by atoms with Crippen LogP contribution in [-0.2, 0) is 19.4 Å². The van der Waals surface area contributed by atoms with Crippen molar-refractivity contribution in [1.82, 2.24) is 4.98 Å². The minimum atomic E-state index is 0.216. The number of aryl methyl sites for hydroxylation is 2. The largest absolute Gasteiger partial charge is 0.396 e. The van der Waals surface area contributed by atoms with E-state index in [0.717, 1.165) is 37.2 Å². The van der Waals surface area contributed by atoms with E-state index in [1.54, 1.807) is 0 Å². The number of aliphatic hydroxyl groups excluding tert-OH is 1. The summed E-state index contributed by atoms with van der Waals surface area (Å²) < 4.78 is 0. The van der Waals surface area contributed by atoms with Gasteiger partial charge in [0, 0.05) is 38.0 Å². The van der Waals surface area contributed by atoms with Crippen LogP contribution in [0.4, 0.5) is 5.82 Å². The van der Waals surface area contributed by atoms with Crippen molar-refractivity contribution in [2.45, 2.75) is 32.2 Å². The summed E-state index contributed by atoms with van der Waals surface area (Å²) in [7, 11) is 2.01. The Morgan fingerprint density at radius 1 is 1.47 bits per heavy atom. The van der Waals surface area contributed by atoms with Crippen molar-refractivity contribution < 1.29 is 5.11 Å². The van der Waals surface area contributed by atoms with Gasteiger partial charge in [0.05, 0.1) is 0 Å². The molecule has 0 unspecified atom stereocenters. The molecule has 1 aromatic heterocycles. The highest BCUT2D eigenvalue weighted by Gasteiger charge is 2.17. The fraction of sp³-hybridized carbons (Fsp3) is 0.615. The van der Waals surface area contributed by atoms with Crippen LogP contribution in [0.1, 0.15) is 29.7 Å². The quantitative estimate of drug-likeness (QED) is 0.794. The lowest BCUT2D eigenvalue weighted by atomic mass is 10.1. The van der Waals surface area contributed by atoms with Crippen molar-refractivity contribution in [2.24, 2.45) is 5.73 Å². The van der Waals surface area contributed by atoms with Crippen LogP contribution in [0.25, 0.3) is 0 Å². The van der Waals surface area contributed by atoms with Crippen molar-refractivity contribution in [3.05, 3.63) is 22.9 Å². The first-order chi connectivity index (χ1) is 8.26. The molecule has 0 aliphatic heterocycles. The molecule has 17 heavy (non-hydrogen) atoms. The van der Waals surface area contributed by atoms with E-state index in [2.05, 4.69) is 11.0 Å². The molecule has 3 N–H and O–H groups in total. The van der Waals surface area contributed by atoms with E-state index in [0.29, 0.717) is 6.54 Å². The molecular formula is C13H21N3O. The molecule has 4 heteroatoms. The first-order valence-corrected chi connectivity index (χ1v) is 6.30. The second kappa shape index (κ2) is 5.47. The Hall–Kier alpha value is -1.13. The maximum absolute atomic E-state index is 8.87. The Morgan fingerprint density at radius 3 is 3.00 bits per heavy atom. The van der Waals surface area contributed by atoms with E-state index in [9.17, 15) is 0 Å². The maximum atomic E-state index is 8.87. The van der Waals surface area contributed by atoms with Gasteiger partial charge in [-0.1, -0.05) is 0 Å². The van der Waals surface area contributed by atoms with Crippen LogP contribution in [0.15, 0.2) is 6.07 Å². The third-order valence-electron chi connectivity index (χ3n) is 3.34. The summed E-state index contributed by atoms with van der Waals surface area (Å²) in [5.41, 5.74) is 9.51. The van der Waals surface area contributed by atoms with E-state index >= 15 is 0 Å².